The van der Waals surface area contributed by atoms with Crippen LogP contribution in [-0.2, 0) is 15.5 Å². The fourth-order valence-corrected chi connectivity index (χ4v) is 3.19. The highest BCUT2D eigenvalue weighted by Crippen LogP contribution is 2.20. The molecule has 1 N–H and O–H groups in total. The van der Waals surface area contributed by atoms with E-state index in [1.807, 2.05) is 0 Å². The molecule has 1 aromatic carbocycles. The van der Waals surface area contributed by atoms with E-state index in [1.165, 1.54) is 6.07 Å². The van der Waals surface area contributed by atoms with E-state index in [1.54, 1.807) is 12.1 Å². The summed E-state index contributed by atoms with van der Waals surface area (Å²) >= 11 is 3.26. The van der Waals surface area contributed by atoms with E-state index in [2.05, 4.69) is 29.8 Å². The second-order valence-corrected chi connectivity index (χ2v) is 7.24. The number of hydrogen-bond donors (Lipinski definition) is 1. The number of carbonyl (C=O) groups is 1. The largest absolute Gasteiger partial charge is 0.478 e. The SMILES string of the molecule is CC(C)CCOCCS(=O)c1cc(Br)ccc1C(=O)O. The lowest BCUT2D eigenvalue weighted by atomic mass is 10.1. The maximum atomic E-state index is 12.2. The smallest absolute Gasteiger partial charge is 0.336 e. The molecule has 0 saturated carbocycles. The van der Waals surface area contributed by atoms with Gasteiger partial charge < -0.3 is 9.84 Å². The van der Waals surface area contributed by atoms with Crippen molar-refractivity contribution in [2.45, 2.75) is 25.2 Å². The van der Waals surface area contributed by atoms with Crippen LogP contribution in [0, 0.1) is 5.92 Å². The standard InChI is InChI=1S/C14H19BrO4S/c1-10(2)5-6-19-7-8-20(18)13-9-11(15)3-4-12(13)14(16)17/h3-4,9-10H,5-8H2,1-2H3,(H,16,17). The van der Waals surface area contributed by atoms with Gasteiger partial charge >= 0.3 is 5.97 Å². The average molecular weight is 363 g/mol. The second kappa shape index (κ2) is 8.54. The first-order valence-corrected chi connectivity index (χ1v) is 8.52. The maximum absolute atomic E-state index is 12.2. The topological polar surface area (TPSA) is 63.6 Å². The molecule has 0 aromatic heterocycles. The van der Waals surface area contributed by atoms with E-state index in [0.717, 1.165) is 6.42 Å². The Kier molecular flexibility index (Phi) is 7.40. The van der Waals surface area contributed by atoms with Crippen LogP contribution in [0.4, 0.5) is 0 Å². The van der Waals surface area contributed by atoms with Crippen molar-refractivity contribution >= 4 is 32.7 Å². The second-order valence-electron chi connectivity index (χ2n) is 4.79. The monoisotopic (exact) mass is 362 g/mol. The number of benzene rings is 1. The molecular formula is C14H19BrO4S. The number of carboxylic acid groups (broad SMARTS) is 1. The van der Waals surface area contributed by atoms with Crippen LogP contribution >= 0.6 is 15.9 Å². The van der Waals surface area contributed by atoms with Gasteiger partial charge in [-0.25, -0.2) is 4.79 Å². The molecule has 0 radical (unpaired) electrons. The van der Waals surface area contributed by atoms with Crippen molar-refractivity contribution in [2.24, 2.45) is 5.92 Å². The van der Waals surface area contributed by atoms with E-state index in [0.29, 0.717) is 34.3 Å². The molecule has 0 saturated heterocycles. The minimum atomic E-state index is -1.38. The molecule has 0 heterocycles. The van der Waals surface area contributed by atoms with Gasteiger partial charge in [-0.1, -0.05) is 29.8 Å². The molecule has 6 heteroatoms. The first kappa shape index (κ1) is 17.3. The van der Waals surface area contributed by atoms with Gasteiger partial charge in [-0.3, -0.25) is 4.21 Å². The van der Waals surface area contributed by atoms with Gasteiger partial charge in [0, 0.05) is 11.1 Å². The van der Waals surface area contributed by atoms with E-state index in [-0.39, 0.29) is 5.56 Å². The number of rotatable bonds is 8. The van der Waals surface area contributed by atoms with Crippen molar-refractivity contribution in [2.75, 3.05) is 19.0 Å². The molecule has 0 spiro atoms. The Labute approximate surface area is 130 Å². The van der Waals surface area contributed by atoms with Crippen molar-refractivity contribution in [1.29, 1.82) is 0 Å². The van der Waals surface area contributed by atoms with E-state index >= 15 is 0 Å². The lowest BCUT2D eigenvalue weighted by Gasteiger charge is -2.08. The van der Waals surface area contributed by atoms with Gasteiger partial charge in [0.15, 0.2) is 0 Å². The number of halogens is 1. The maximum Gasteiger partial charge on any atom is 0.336 e. The average Bonchev–Trinajstić information content (AvgIpc) is 2.37. The van der Waals surface area contributed by atoms with Gasteiger partial charge in [-0.2, -0.15) is 0 Å². The predicted octanol–water partition coefficient (Wildman–Crippen LogP) is 3.32. The van der Waals surface area contributed by atoms with Gasteiger partial charge in [0.1, 0.15) is 0 Å². The molecule has 0 aliphatic rings. The molecule has 0 amide bonds. The van der Waals surface area contributed by atoms with Crippen LogP contribution in [-0.4, -0.2) is 34.3 Å². The van der Waals surface area contributed by atoms with Crippen molar-refractivity contribution in [3.63, 3.8) is 0 Å². The summed E-state index contributed by atoms with van der Waals surface area (Å²) in [7, 11) is -1.38. The van der Waals surface area contributed by atoms with Gasteiger partial charge in [-0.15, -0.1) is 0 Å². The highest BCUT2D eigenvalue weighted by molar-refractivity contribution is 9.10. The van der Waals surface area contributed by atoms with Gasteiger partial charge in [0.2, 0.25) is 0 Å². The number of carboxylic acids is 1. The third-order valence-electron chi connectivity index (χ3n) is 2.67. The molecule has 1 rings (SSSR count). The Morgan fingerprint density at radius 2 is 2.10 bits per heavy atom. The molecule has 0 bridgehead atoms. The summed E-state index contributed by atoms with van der Waals surface area (Å²) in [4.78, 5) is 11.4. The highest BCUT2D eigenvalue weighted by atomic mass is 79.9. The van der Waals surface area contributed by atoms with E-state index in [9.17, 15) is 9.00 Å². The van der Waals surface area contributed by atoms with Crippen LogP contribution in [0.1, 0.15) is 30.6 Å². The van der Waals surface area contributed by atoms with Crippen LogP contribution in [0.25, 0.3) is 0 Å². The van der Waals surface area contributed by atoms with E-state index < -0.39 is 16.8 Å². The fourth-order valence-electron chi connectivity index (χ4n) is 1.53. The molecule has 1 aromatic rings. The van der Waals surface area contributed by atoms with Crippen molar-refractivity contribution in [3.8, 4) is 0 Å². The summed E-state index contributed by atoms with van der Waals surface area (Å²) in [6, 6.07) is 4.68. The van der Waals surface area contributed by atoms with Crippen LogP contribution < -0.4 is 0 Å². The summed E-state index contributed by atoms with van der Waals surface area (Å²) in [5.74, 6) is -0.194. The van der Waals surface area contributed by atoms with Crippen LogP contribution in [0.5, 0.6) is 0 Å². The zero-order valence-electron chi connectivity index (χ0n) is 11.6. The molecule has 20 heavy (non-hydrogen) atoms. The Hall–Kier alpha value is -0.720. The summed E-state index contributed by atoms with van der Waals surface area (Å²) in [6.45, 7) is 5.23. The first-order chi connectivity index (χ1) is 9.41. The molecule has 0 aliphatic heterocycles. The lowest BCUT2D eigenvalue weighted by Crippen LogP contribution is -2.11. The summed E-state index contributed by atoms with van der Waals surface area (Å²) < 4.78 is 18.3. The Morgan fingerprint density at radius 1 is 1.40 bits per heavy atom. The van der Waals surface area contributed by atoms with Crippen molar-refractivity contribution in [3.05, 3.63) is 28.2 Å². The Bertz CT molecular complexity index is 488. The molecule has 1 unspecified atom stereocenters. The minimum Gasteiger partial charge on any atom is -0.478 e. The number of ether oxygens (including phenoxy) is 1. The number of hydrogen-bond acceptors (Lipinski definition) is 3. The Balaban J connectivity index is 2.59. The zero-order chi connectivity index (χ0) is 15.1. The molecule has 1 atom stereocenters. The van der Waals surface area contributed by atoms with Crippen LogP contribution in [0.15, 0.2) is 27.6 Å². The lowest BCUT2D eigenvalue weighted by molar-refractivity contribution is 0.0692. The fraction of sp³-hybridized carbons (Fsp3) is 0.500. The predicted molar refractivity (Wildman–Crippen MR) is 82.7 cm³/mol. The third-order valence-corrected chi connectivity index (χ3v) is 4.53. The van der Waals surface area contributed by atoms with E-state index in [4.69, 9.17) is 9.84 Å². The zero-order valence-corrected chi connectivity index (χ0v) is 14.0. The molecule has 0 aliphatic carbocycles. The van der Waals surface area contributed by atoms with Gasteiger partial charge in [-0.05, 0) is 30.5 Å². The van der Waals surface area contributed by atoms with Crippen LogP contribution in [0.3, 0.4) is 0 Å². The quantitative estimate of drug-likeness (QED) is 0.720. The third kappa shape index (κ3) is 5.73. The van der Waals surface area contributed by atoms with Crippen molar-refractivity contribution in [1.82, 2.24) is 0 Å². The highest BCUT2D eigenvalue weighted by Gasteiger charge is 2.15. The summed E-state index contributed by atoms with van der Waals surface area (Å²) in [5, 5.41) is 9.10. The Morgan fingerprint density at radius 3 is 2.70 bits per heavy atom. The summed E-state index contributed by atoms with van der Waals surface area (Å²) in [5.41, 5.74) is 0.0775. The first-order valence-electron chi connectivity index (χ1n) is 6.40. The molecule has 112 valence electrons. The molecule has 0 fully saturated rings. The van der Waals surface area contributed by atoms with Gasteiger partial charge in [0.05, 0.1) is 33.6 Å². The molecular weight excluding hydrogens is 344 g/mol. The van der Waals surface area contributed by atoms with Gasteiger partial charge in [0.25, 0.3) is 0 Å². The normalized spacial score (nSPS) is 12.6. The van der Waals surface area contributed by atoms with Crippen LogP contribution in [0.2, 0.25) is 0 Å². The van der Waals surface area contributed by atoms with Crippen molar-refractivity contribution < 1.29 is 18.8 Å². The summed E-state index contributed by atoms with van der Waals surface area (Å²) in [6.07, 6.45) is 0.962. The number of aromatic carboxylic acids is 1. The molecule has 4 nitrogen and oxygen atoms in total. The minimum absolute atomic E-state index is 0.0775.